The summed E-state index contributed by atoms with van der Waals surface area (Å²) in [6, 6.07) is 8.34. The van der Waals surface area contributed by atoms with E-state index in [1.807, 2.05) is 6.07 Å². The van der Waals surface area contributed by atoms with E-state index in [0.29, 0.717) is 11.3 Å². The van der Waals surface area contributed by atoms with Gasteiger partial charge in [0.2, 0.25) is 0 Å². The molecule has 2 fully saturated rings. The largest absolute Gasteiger partial charge is 0.301 e. The lowest BCUT2D eigenvalue weighted by Crippen LogP contribution is -2.49. The first-order valence-electron chi connectivity index (χ1n) is 9.22. The van der Waals surface area contributed by atoms with Crippen molar-refractivity contribution in [3.05, 3.63) is 57.1 Å². The van der Waals surface area contributed by atoms with Gasteiger partial charge in [-0.15, -0.1) is 0 Å². The van der Waals surface area contributed by atoms with Gasteiger partial charge in [0.25, 0.3) is 5.56 Å². The van der Waals surface area contributed by atoms with Crippen LogP contribution in [0.1, 0.15) is 55.6 Å². The topological polar surface area (TPSA) is 34.4 Å². The maximum atomic E-state index is 13.1. The fraction of sp³-hybridized carbons (Fsp3) is 0.455. The molecule has 0 spiro atoms. The van der Waals surface area contributed by atoms with Crippen LogP contribution in [0.4, 0.5) is 0 Å². The number of benzene rings is 1. The van der Waals surface area contributed by atoms with Gasteiger partial charge in [-0.3, -0.25) is 4.79 Å². The van der Waals surface area contributed by atoms with Gasteiger partial charge in [-0.1, -0.05) is 45.0 Å². The molecule has 0 amide bonds. The molecule has 6 rings (SSSR count). The van der Waals surface area contributed by atoms with Crippen LogP contribution in [0.2, 0.25) is 0 Å². The van der Waals surface area contributed by atoms with E-state index in [2.05, 4.69) is 62.2 Å². The van der Waals surface area contributed by atoms with Crippen LogP contribution in [-0.4, -0.2) is 9.38 Å². The summed E-state index contributed by atoms with van der Waals surface area (Å²) in [5.74, 6) is 0.488. The molecule has 3 heteroatoms. The minimum Gasteiger partial charge on any atom is -0.301 e. The number of aryl methyl sites for hydroxylation is 2. The summed E-state index contributed by atoms with van der Waals surface area (Å²) in [4.78, 5) is 17.7. The van der Waals surface area contributed by atoms with Crippen LogP contribution in [0.15, 0.2) is 29.1 Å². The van der Waals surface area contributed by atoms with E-state index in [4.69, 9.17) is 0 Å². The van der Waals surface area contributed by atoms with Crippen LogP contribution >= 0.6 is 0 Å². The molecule has 4 atom stereocenters. The molecule has 0 N–H and O–H groups in total. The molecule has 2 saturated carbocycles. The highest BCUT2D eigenvalue weighted by Gasteiger charge is 2.91. The van der Waals surface area contributed by atoms with Crippen molar-refractivity contribution in [3.63, 3.8) is 0 Å². The summed E-state index contributed by atoms with van der Waals surface area (Å²) in [6.07, 6.45) is 1.13. The lowest BCUT2D eigenvalue weighted by molar-refractivity contribution is 0.0726. The van der Waals surface area contributed by atoms with Crippen LogP contribution in [0.5, 0.6) is 0 Å². The molecular weight excluding hydrogens is 308 g/mol. The van der Waals surface area contributed by atoms with E-state index in [0.717, 1.165) is 23.0 Å². The van der Waals surface area contributed by atoms with Crippen molar-refractivity contribution in [2.24, 2.45) is 10.8 Å². The molecule has 2 heterocycles. The average molecular weight is 330 g/mol. The summed E-state index contributed by atoms with van der Waals surface area (Å²) in [6.45, 7) is 11.4. The van der Waals surface area contributed by atoms with Crippen LogP contribution < -0.4 is 5.56 Å². The van der Waals surface area contributed by atoms with Gasteiger partial charge in [0, 0.05) is 33.7 Å². The number of hydrogen-bond acceptors (Lipinski definition) is 2. The highest BCUT2D eigenvalue weighted by Crippen LogP contribution is 2.95. The first-order valence-corrected chi connectivity index (χ1v) is 9.22. The van der Waals surface area contributed by atoms with Gasteiger partial charge in [0.1, 0.15) is 5.65 Å². The van der Waals surface area contributed by atoms with Gasteiger partial charge in [-0.25, -0.2) is 0 Å². The number of nitrogens with zero attached hydrogens (tertiary/aromatic N) is 2. The Bertz CT molecular complexity index is 1220. The molecule has 0 bridgehead atoms. The third-order valence-electron chi connectivity index (χ3n) is 8.59. The van der Waals surface area contributed by atoms with Gasteiger partial charge in [-0.05, 0) is 42.0 Å². The summed E-state index contributed by atoms with van der Waals surface area (Å²) in [5, 5.41) is 2.29. The Morgan fingerprint density at radius 1 is 1.12 bits per heavy atom. The van der Waals surface area contributed by atoms with Crippen LogP contribution in [0.25, 0.3) is 16.4 Å². The average Bonchev–Trinajstić information content (AvgIpc) is 2.90. The van der Waals surface area contributed by atoms with Crippen molar-refractivity contribution in [1.29, 1.82) is 0 Å². The van der Waals surface area contributed by atoms with Crippen molar-refractivity contribution < 1.29 is 0 Å². The lowest BCUT2D eigenvalue weighted by atomic mass is 9.53. The number of fused-ring (bicyclic) bond motifs is 8. The third kappa shape index (κ3) is 1.09. The van der Waals surface area contributed by atoms with Gasteiger partial charge in [0.15, 0.2) is 0 Å². The molecule has 126 valence electrons. The quantitative estimate of drug-likeness (QED) is 0.578. The minimum atomic E-state index is -0.000979. The van der Waals surface area contributed by atoms with Gasteiger partial charge >= 0.3 is 0 Å². The second-order valence-electron chi connectivity index (χ2n) is 9.15. The number of rotatable bonds is 0. The molecule has 3 nitrogen and oxygen atoms in total. The normalized spacial score (nSPS) is 37.1. The smallest absolute Gasteiger partial charge is 0.277 e. The molecule has 0 aliphatic heterocycles. The number of pyridine rings is 1. The Labute approximate surface area is 146 Å². The second kappa shape index (κ2) is 3.53. The van der Waals surface area contributed by atoms with Gasteiger partial charge in [0.05, 0.1) is 0 Å². The van der Waals surface area contributed by atoms with Crippen LogP contribution in [0, 0.1) is 24.7 Å². The minimum absolute atomic E-state index is 0.000979. The summed E-state index contributed by atoms with van der Waals surface area (Å²) in [7, 11) is 0. The standard InChI is InChI=1S/C22H22N2O/c1-11-12(2)24-16-15(20(3)10-21(4)17(16)22(20,21)5)19(25)23-18(24)14-9-7-6-8-13(11)14/h6-9,17H,10H2,1-5H3. The number of aromatic nitrogens is 2. The SMILES string of the molecule is Cc1c(C)n2c3c(c(=O)nc2c2ccccc12)C1(C)CC2(C)C3C12C. The zero-order chi connectivity index (χ0) is 17.5. The lowest BCUT2D eigenvalue weighted by Gasteiger charge is -2.49. The molecule has 3 aliphatic carbocycles. The summed E-state index contributed by atoms with van der Waals surface area (Å²) >= 11 is 0. The predicted molar refractivity (Wildman–Crippen MR) is 99.4 cm³/mol. The first-order chi connectivity index (χ1) is 11.8. The zero-order valence-corrected chi connectivity index (χ0v) is 15.4. The first kappa shape index (κ1) is 14.1. The Balaban J connectivity index is 1.89. The van der Waals surface area contributed by atoms with Crippen LogP contribution in [0.3, 0.4) is 0 Å². The molecule has 1 aromatic carbocycles. The van der Waals surface area contributed by atoms with Crippen molar-refractivity contribution in [2.75, 3.05) is 0 Å². The van der Waals surface area contributed by atoms with Crippen molar-refractivity contribution >= 4 is 16.4 Å². The van der Waals surface area contributed by atoms with Crippen molar-refractivity contribution in [3.8, 4) is 0 Å². The van der Waals surface area contributed by atoms with Crippen molar-refractivity contribution in [1.82, 2.24) is 9.38 Å². The highest BCUT2D eigenvalue weighted by atomic mass is 16.1. The summed E-state index contributed by atoms with van der Waals surface area (Å²) < 4.78 is 2.33. The Morgan fingerprint density at radius 2 is 1.80 bits per heavy atom. The number of hydrogen-bond donors (Lipinski definition) is 0. The monoisotopic (exact) mass is 330 g/mol. The van der Waals surface area contributed by atoms with Gasteiger partial charge in [-0.2, -0.15) is 4.98 Å². The Morgan fingerprint density at radius 3 is 2.52 bits per heavy atom. The zero-order valence-electron chi connectivity index (χ0n) is 15.4. The molecule has 3 aromatic rings. The molecule has 2 aromatic heterocycles. The van der Waals surface area contributed by atoms with Crippen LogP contribution in [-0.2, 0) is 5.41 Å². The third-order valence-corrected chi connectivity index (χ3v) is 8.59. The molecule has 0 saturated heterocycles. The van der Waals surface area contributed by atoms with E-state index in [1.54, 1.807) is 0 Å². The molecule has 3 aliphatic rings. The Kier molecular flexibility index (Phi) is 1.98. The summed E-state index contributed by atoms with van der Waals surface area (Å²) in [5.41, 5.74) is 6.20. The van der Waals surface area contributed by atoms with E-state index in [-0.39, 0.29) is 16.4 Å². The fourth-order valence-corrected chi connectivity index (χ4v) is 7.06. The molecular formula is C22H22N2O. The highest BCUT2D eigenvalue weighted by molar-refractivity contribution is 5.97. The molecule has 0 radical (unpaired) electrons. The fourth-order valence-electron chi connectivity index (χ4n) is 7.06. The maximum Gasteiger partial charge on any atom is 0.277 e. The van der Waals surface area contributed by atoms with E-state index in [9.17, 15) is 4.79 Å². The van der Waals surface area contributed by atoms with Crippen molar-refractivity contribution in [2.45, 2.75) is 52.4 Å². The second-order valence-corrected chi connectivity index (χ2v) is 9.15. The van der Waals surface area contributed by atoms with E-state index in [1.165, 1.54) is 22.3 Å². The molecule has 4 unspecified atom stereocenters. The molecule has 25 heavy (non-hydrogen) atoms. The van der Waals surface area contributed by atoms with E-state index >= 15 is 0 Å². The van der Waals surface area contributed by atoms with Gasteiger partial charge < -0.3 is 4.40 Å². The Hall–Kier alpha value is -2.16. The maximum absolute atomic E-state index is 13.1. The van der Waals surface area contributed by atoms with E-state index < -0.39 is 0 Å². The predicted octanol–water partition coefficient (Wildman–Crippen LogP) is 4.25.